The monoisotopic (exact) mass is 371 g/mol. The number of hydrogen-bond donors (Lipinski definition) is 2. The Morgan fingerprint density at radius 2 is 0.615 bits per heavy atom. The summed E-state index contributed by atoms with van der Waals surface area (Å²) in [6, 6.07) is 0. The van der Waals surface area contributed by atoms with Crippen molar-refractivity contribution in [2.75, 3.05) is 13.2 Å². The van der Waals surface area contributed by atoms with E-state index in [1.807, 2.05) is 0 Å². The molecule has 0 aliphatic carbocycles. The molecule has 0 aromatic rings. The largest absolute Gasteiger partial charge is 0.397 e. The maximum absolute atomic E-state index is 7.57. The van der Waals surface area contributed by atoms with Crippen LogP contribution in [0.15, 0.2) is 0 Å². The molecule has 0 rings (SSSR count). The Balaban J connectivity index is 0. The Morgan fingerprint density at radius 3 is 0.808 bits per heavy atom. The van der Waals surface area contributed by atoms with Gasteiger partial charge >= 0.3 is 0 Å². The highest BCUT2D eigenvalue weighted by molar-refractivity contribution is 4.50. The fourth-order valence-corrected chi connectivity index (χ4v) is 3.40. The predicted molar refractivity (Wildman–Crippen MR) is 120 cm³/mol. The molecule has 0 bridgehead atoms. The van der Waals surface area contributed by atoms with Crippen molar-refractivity contribution in [1.29, 1.82) is 0 Å². The molecule has 0 amide bonds. The van der Waals surface area contributed by atoms with Crippen LogP contribution in [0, 0.1) is 0 Å². The minimum Gasteiger partial charge on any atom is -0.397 e. The van der Waals surface area contributed by atoms with E-state index >= 15 is 0 Å². The summed E-state index contributed by atoms with van der Waals surface area (Å²) in [7, 11) is 0. The third-order valence-electron chi connectivity index (χ3n) is 5.06. The molecule has 160 valence electrons. The van der Waals surface area contributed by atoms with Crippen LogP contribution in [0.4, 0.5) is 0 Å². The lowest BCUT2D eigenvalue weighted by Gasteiger charge is -2.04. The fourth-order valence-electron chi connectivity index (χ4n) is 3.40. The zero-order valence-electron chi connectivity index (χ0n) is 18.6. The van der Waals surface area contributed by atoms with Gasteiger partial charge in [-0.05, 0) is 19.9 Å². The quantitative estimate of drug-likeness (QED) is 0.215. The smallest absolute Gasteiger partial charge is 0.0402 e. The third kappa shape index (κ3) is 31.7. The van der Waals surface area contributed by atoms with Crippen LogP contribution in [0.3, 0.4) is 0 Å². The SMILES string of the molecule is CCCCCCCCCCCCCCCCCCCCCCN.CCO. The van der Waals surface area contributed by atoms with Gasteiger partial charge in [-0.15, -0.1) is 0 Å². The van der Waals surface area contributed by atoms with Crippen molar-refractivity contribution in [2.45, 2.75) is 142 Å². The standard InChI is InChI=1S/C22H47N.C2H6O/c1-2-3-4-5-6-7-8-9-10-11-12-13-14-15-16-17-18-19-20-21-22-23;1-2-3/h2-23H2,1H3;3H,2H2,1H3. The zero-order chi connectivity index (χ0) is 19.6. The number of rotatable bonds is 20. The van der Waals surface area contributed by atoms with E-state index in [0.717, 1.165) is 6.54 Å². The number of aliphatic hydroxyl groups is 1. The molecule has 0 saturated carbocycles. The molecule has 3 N–H and O–H groups in total. The molecule has 0 unspecified atom stereocenters. The summed E-state index contributed by atoms with van der Waals surface area (Å²) >= 11 is 0. The van der Waals surface area contributed by atoms with Crippen molar-refractivity contribution in [2.24, 2.45) is 5.73 Å². The first kappa shape index (κ1) is 28.1. The lowest BCUT2D eigenvalue weighted by Crippen LogP contribution is -1.97. The van der Waals surface area contributed by atoms with Gasteiger partial charge in [0.05, 0.1) is 0 Å². The van der Waals surface area contributed by atoms with Gasteiger partial charge in [-0.25, -0.2) is 0 Å². The third-order valence-corrected chi connectivity index (χ3v) is 5.06. The molecule has 26 heavy (non-hydrogen) atoms. The summed E-state index contributed by atoms with van der Waals surface area (Å²) in [6.45, 7) is 5.10. The Morgan fingerprint density at radius 1 is 0.423 bits per heavy atom. The highest BCUT2D eigenvalue weighted by Crippen LogP contribution is 2.14. The Labute approximate surface area is 166 Å². The molecule has 0 aliphatic heterocycles. The van der Waals surface area contributed by atoms with Gasteiger partial charge < -0.3 is 10.8 Å². The van der Waals surface area contributed by atoms with E-state index in [4.69, 9.17) is 10.8 Å². The average Bonchev–Trinajstić information content (AvgIpc) is 2.64. The molecule has 0 heterocycles. The van der Waals surface area contributed by atoms with Gasteiger partial charge in [0, 0.05) is 6.61 Å². The van der Waals surface area contributed by atoms with Gasteiger partial charge in [-0.2, -0.15) is 0 Å². The van der Waals surface area contributed by atoms with Crippen LogP contribution in [-0.2, 0) is 0 Å². The van der Waals surface area contributed by atoms with Crippen molar-refractivity contribution in [3.8, 4) is 0 Å². The molecule has 0 aromatic carbocycles. The summed E-state index contributed by atoms with van der Waals surface area (Å²) < 4.78 is 0. The van der Waals surface area contributed by atoms with Crippen LogP contribution in [0.5, 0.6) is 0 Å². The predicted octanol–water partition coefficient (Wildman–Crippen LogP) is 7.77. The van der Waals surface area contributed by atoms with Crippen molar-refractivity contribution in [3.63, 3.8) is 0 Å². The molecule has 0 saturated heterocycles. The number of aliphatic hydroxyl groups excluding tert-OH is 1. The van der Waals surface area contributed by atoms with Crippen LogP contribution >= 0.6 is 0 Å². The maximum atomic E-state index is 7.57. The lowest BCUT2D eigenvalue weighted by molar-refractivity contribution is 0.318. The van der Waals surface area contributed by atoms with Crippen molar-refractivity contribution in [3.05, 3.63) is 0 Å². The van der Waals surface area contributed by atoms with Gasteiger partial charge in [-0.3, -0.25) is 0 Å². The molecule has 0 radical (unpaired) electrons. The van der Waals surface area contributed by atoms with E-state index in [1.165, 1.54) is 128 Å². The van der Waals surface area contributed by atoms with E-state index in [1.54, 1.807) is 6.92 Å². The van der Waals surface area contributed by atoms with Gasteiger partial charge in [0.25, 0.3) is 0 Å². The number of unbranched alkanes of at least 4 members (excludes halogenated alkanes) is 19. The maximum Gasteiger partial charge on any atom is 0.0402 e. The normalized spacial score (nSPS) is 10.6. The lowest BCUT2D eigenvalue weighted by atomic mass is 10.0. The average molecular weight is 372 g/mol. The molecule has 0 spiro atoms. The molecule has 0 aromatic heterocycles. The molecule has 0 aliphatic rings. The van der Waals surface area contributed by atoms with Crippen molar-refractivity contribution < 1.29 is 5.11 Å². The summed E-state index contributed by atoms with van der Waals surface area (Å²) in [5, 5.41) is 7.57. The summed E-state index contributed by atoms with van der Waals surface area (Å²) in [6.07, 6.45) is 28.8. The van der Waals surface area contributed by atoms with Crippen molar-refractivity contribution >= 4 is 0 Å². The summed E-state index contributed by atoms with van der Waals surface area (Å²) in [4.78, 5) is 0. The van der Waals surface area contributed by atoms with E-state index in [9.17, 15) is 0 Å². The van der Waals surface area contributed by atoms with E-state index in [-0.39, 0.29) is 6.61 Å². The summed E-state index contributed by atoms with van der Waals surface area (Å²) in [5.74, 6) is 0. The van der Waals surface area contributed by atoms with Crippen LogP contribution in [0.1, 0.15) is 142 Å². The zero-order valence-corrected chi connectivity index (χ0v) is 18.6. The molecule has 0 fully saturated rings. The fraction of sp³-hybridized carbons (Fsp3) is 1.00. The minimum atomic E-state index is 0.250. The Hall–Kier alpha value is -0.0800. The first-order valence-corrected chi connectivity index (χ1v) is 12.1. The molecule has 2 heteroatoms. The van der Waals surface area contributed by atoms with Crippen LogP contribution < -0.4 is 5.73 Å². The van der Waals surface area contributed by atoms with Crippen LogP contribution in [-0.4, -0.2) is 18.3 Å². The second-order valence-corrected chi connectivity index (χ2v) is 7.82. The number of nitrogens with two attached hydrogens (primary N) is 1. The topological polar surface area (TPSA) is 46.2 Å². The minimum absolute atomic E-state index is 0.250. The highest BCUT2D eigenvalue weighted by atomic mass is 16.2. The van der Waals surface area contributed by atoms with Crippen LogP contribution in [0.25, 0.3) is 0 Å². The highest BCUT2D eigenvalue weighted by Gasteiger charge is 1.95. The van der Waals surface area contributed by atoms with Gasteiger partial charge in [0.15, 0.2) is 0 Å². The summed E-state index contributed by atoms with van der Waals surface area (Å²) in [5.41, 5.74) is 5.51. The van der Waals surface area contributed by atoms with E-state index < -0.39 is 0 Å². The van der Waals surface area contributed by atoms with Crippen molar-refractivity contribution in [1.82, 2.24) is 0 Å². The van der Waals surface area contributed by atoms with Crippen LogP contribution in [0.2, 0.25) is 0 Å². The first-order chi connectivity index (χ1) is 12.8. The molecule has 0 atom stereocenters. The Kier molecular flexibility index (Phi) is 32.1. The molecular weight excluding hydrogens is 318 g/mol. The molecule has 2 nitrogen and oxygen atoms in total. The molecular formula is C24H53NO. The second kappa shape index (κ2) is 29.7. The van der Waals surface area contributed by atoms with E-state index in [0.29, 0.717) is 0 Å². The first-order valence-electron chi connectivity index (χ1n) is 12.1. The van der Waals surface area contributed by atoms with Gasteiger partial charge in [0.2, 0.25) is 0 Å². The van der Waals surface area contributed by atoms with E-state index in [2.05, 4.69) is 6.92 Å². The van der Waals surface area contributed by atoms with Gasteiger partial charge in [0.1, 0.15) is 0 Å². The van der Waals surface area contributed by atoms with Gasteiger partial charge in [-0.1, -0.05) is 129 Å². The Bertz CT molecular complexity index is 188. The number of hydrogen-bond acceptors (Lipinski definition) is 2. The second-order valence-electron chi connectivity index (χ2n) is 7.82.